The van der Waals surface area contributed by atoms with E-state index in [0.717, 1.165) is 12.8 Å². The lowest BCUT2D eigenvalue weighted by atomic mass is 10.1. The molecule has 3 heteroatoms. The van der Waals surface area contributed by atoms with Crippen LogP contribution in [0.1, 0.15) is 31.4 Å². The van der Waals surface area contributed by atoms with Gasteiger partial charge < -0.3 is 9.84 Å². The third-order valence-corrected chi connectivity index (χ3v) is 2.25. The zero-order valence-corrected chi connectivity index (χ0v) is 8.03. The van der Waals surface area contributed by atoms with Crippen molar-refractivity contribution in [2.24, 2.45) is 0 Å². The van der Waals surface area contributed by atoms with E-state index in [2.05, 4.69) is 0 Å². The Hall–Kier alpha value is -1.09. The summed E-state index contributed by atoms with van der Waals surface area (Å²) in [4.78, 5) is 0. The Morgan fingerprint density at radius 3 is 2.71 bits per heavy atom. The molecule has 0 radical (unpaired) electrons. The van der Waals surface area contributed by atoms with Gasteiger partial charge in [-0.25, -0.2) is 4.39 Å². The summed E-state index contributed by atoms with van der Waals surface area (Å²) >= 11 is 0. The van der Waals surface area contributed by atoms with Crippen LogP contribution in [0.5, 0.6) is 5.75 Å². The second-order valence-electron chi connectivity index (χ2n) is 3.68. The molecule has 0 amide bonds. The molecule has 76 valence electrons. The SMILES string of the molecule is C[C@@H](O)c1ccc(OC2CC2)cc1F. The number of ether oxygens (including phenoxy) is 1. The van der Waals surface area contributed by atoms with Crippen LogP contribution in [0.3, 0.4) is 0 Å². The zero-order valence-electron chi connectivity index (χ0n) is 8.03. The average Bonchev–Trinajstić information content (AvgIpc) is 2.87. The highest BCUT2D eigenvalue weighted by Gasteiger charge is 2.23. The highest BCUT2D eigenvalue weighted by atomic mass is 19.1. The third kappa shape index (κ3) is 2.04. The van der Waals surface area contributed by atoms with Crippen LogP contribution in [-0.4, -0.2) is 11.2 Å². The van der Waals surface area contributed by atoms with Crippen molar-refractivity contribution in [2.45, 2.75) is 32.0 Å². The summed E-state index contributed by atoms with van der Waals surface area (Å²) < 4.78 is 18.8. The van der Waals surface area contributed by atoms with Gasteiger partial charge in [-0.05, 0) is 31.9 Å². The van der Waals surface area contributed by atoms with Crippen LogP contribution in [0, 0.1) is 5.82 Å². The molecule has 0 aromatic heterocycles. The van der Waals surface area contributed by atoms with Gasteiger partial charge in [-0.3, -0.25) is 0 Å². The first-order chi connectivity index (χ1) is 6.66. The van der Waals surface area contributed by atoms with E-state index in [1.807, 2.05) is 0 Å². The molecule has 1 aromatic rings. The fourth-order valence-electron chi connectivity index (χ4n) is 1.30. The Kier molecular flexibility index (Phi) is 2.42. The average molecular weight is 196 g/mol. The van der Waals surface area contributed by atoms with Gasteiger partial charge in [0.2, 0.25) is 0 Å². The molecule has 0 spiro atoms. The minimum atomic E-state index is -0.773. The number of rotatable bonds is 3. The molecular formula is C11H13FO2. The summed E-state index contributed by atoms with van der Waals surface area (Å²) in [7, 11) is 0. The summed E-state index contributed by atoms with van der Waals surface area (Å²) in [5.41, 5.74) is 0.313. The fraction of sp³-hybridized carbons (Fsp3) is 0.455. The third-order valence-electron chi connectivity index (χ3n) is 2.25. The van der Waals surface area contributed by atoms with Gasteiger partial charge in [0.15, 0.2) is 0 Å². The van der Waals surface area contributed by atoms with Crippen molar-refractivity contribution >= 4 is 0 Å². The summed E-state index contributed by atoms with van der Waals surface area (Å²) in [6, 6.07) is 4.60. The second kappa shape index (κ2) is 3.58. The second-order valence-corrected chi connectivity index (χ2v) is 3.68. The van der Waals surface area contributed by atoms with Crippen LogP contribution in [0.15, 0.2) is 18.2 Å². The highest BCUT2D eigenvalue weighted by Crippen LogP contribution is 2.28. The van der Waals surface area contributed by atoms with Crippen molar-refractivity contribution < 1.29 is 14.2 Å². The molecule has 1 atom stereocenters. The number of hydrogen-bond donors (Lipinski definition) is 1. The fourth-order valence-corrected chi connectivity index (χ4v) is 1.30. The van der Waals surface area contributed by atoms with Gasteiger partial charge in [0.05, 0.1) is 12.2 Å². The van der Waals surface area contributed by atoms with Gasteiger partial charge in [0.1, 0.15) is 11.6 Å². The lowest BCUT2D eigenvalue weighted by Crippen LogP contribution is -1.99. The Morgan fingerprint density at radius 1 is 1.50 bits per heavy atom. The van der Waals surface area contributed by atoms with Crippen LogP contribution in [-0.2, 0) is 0 Å². The van der Waals surface area contributed by atoms with Crippen molar-refractivity contribution in [3.63, 3.8) is 0 Å². The van der Waals surface area contributed by atoms with Gasteiger partial charge in [-0.2, -0.15) is 0 Å². The Balaban J connectivity index is 2.16. The van der Waals surface area contributed by atoms with Gasteiger partial charge in [-0.1, -0.05) is 0 Å². The number of hydrogen-bond acceptors (Lipinski definition) is 2. The summed E-state index contributed by atoms with van der Waals surface area (Å²) in [5, 5.41) is 9.21. The molecule has 0 unspecified atom stereocenters. The largest absolute Gasteiger partial charge is 0.490 e. The topological polar surface area (TPSA) is 29.5 Å². The molecule has 1 aliphatic carbocycles. The van der Waals surface area contributed by atoms with Crippen molar-refractivity contribution in [3.8, 4) is 5.75 Å². The molecule has 2 nitrogen and oxygen atoms in total. The van der Waals surface area contributed by atoms with Gasteiger partial charge >= 0.3 is 0 Å². The molecule has 1 saturated carbocycles. The van der Waals surface area contributed by atoms with E-state index in [9.17, 15) is 9.50 Å². The first-order valence-electron chi connectivity index (χ1n) is 4.81. The Labute approximate surface area is 82.3 Å². The smallest absolute Gasteiger partial charge is 0.132 e. The molecule has 2 rings (SSSR count). The monoisotopic (exact) mass is 196 g/mol. The molecule has 1 N–H and O–H groups in total. The van der Waals surface area contributed by atoms with Crippen molar-refractivity contribution in [1.82, 2.24) is 0 Å². The van der Waals surface area contributed by atoms with E-state index in [1.54, 1.807) is 19.1 Å². The lowest BCUT2D eigenvalue weighted by Gasteiger charge is -2.09. The van der Waals surface area contributed by atoms with E-state index in [4.69, 9.17) is 4.74 Å². The first kappa shape index (κ1) is 9.46. The Bertz CT molecular complexity index is 332. The van der Waals surface area contributed by atoms with Gasteiger partial charge in [-0.15, -0.1) is 0 Å². The van der Waals surface area contributed by atoms with Crippen LogP contribution in [0.25, 0.3) is 0 Å². The first-order valence-corrected chi connectivity index (χ1v) is 4.81. The lowest BCUT2D eigenvalue weighted by molar-refractivity contribution is 0.194. The van der Waals surface area contributed by atoms with Gasteiger partial charge in [0.25, 0.3) is 0 Å². The van der Waals surface area contributed by atoms with Crippen molar-refractivity contribution in [2.75, 3.05) is 0 Å². The predicted octanol–water partition coefficient (Wildman–Crippen LogP) is 2.42. The van der Waals surface area contributed by atoms with Crippen LogP contribution in [0.4, 0.5) is 4.39 Å². The molecule has 1 fully saturated rings. The predicted molar refractivity (Wildman–Crippen MR) is 50.7 cm³/mol. The van der Waals surface area contributed by atoms with Crippen molar-refractivity contribution in [1.29, 1.82) is 0 Å². The molecule has 0 saturated heterocycles. The summed E-state index contributed by atoms with van der Waals surface area (Å²) in [6.45, 7) is 1.54. The van der Waals surface area contributed by atoms with Crippen molar-refractivity contribution in [3.05, 3.63) is 29.6 Å². The number of aliphatic hydroxyl groups excluding tert-OH is 1. The maximum atomic E-state index is 13.3. The van der Waals surface area contributed by atoms with E-state index in [1.165, 1.54) is 6.07 Å². The number of halogens is 1. The molecule has 1 aromatic carbocycles. The normalized spacial score (nSPS) is 17.9. The molecule has 0 aliphatic heterocycles. The van der Waals surface area contributed by atoms with E-state index in [-0.39, 0.29) is 6.10 Å². The molecule has 1 aliphatic rings. The van der Waals surface area contributed by atoms with Crippen LogP contribution in [0.2, 0.25) is 0 Å². The maximum Gasteiger partial charge on any atom is 0.132 e. The molecule has 14 heavy (non-hydrogen) atoms. The van der Waals surface area contributed by atoms with E-state index >= 15 is 0 Å². The Morgan fingerprint density at radius 2 is 2.21 bits per heavy atom. The van der Waals surface area contributed by atoms with Crippen LogP contribution >= 0.6 is 0 Å². The highest BCUT2D eigenvalue weighted by molar-refractivity contribution is 5.30. The maximum absolute atomic E-state index is 13.3. The van der Waals surface area contributed by atoms with Gasteiger partial charge in [0, 0.05) is 11.6 Å². The quantitative estimate of drug-likeness (QED) is 0.804. The minimum Gasteiger partial charge on any atom is -0.490 e. The van der Waals surface area contributed by atoms with Crippen LogP contribution < -0.4 is 4.74 Å². The number of benzene rings is 1. The number of aliphatic hydroxyl groups is 1. The molecule has 0 bridgehead atoms. The standard InChI is InChI=1S/C11H13FO2/c1-7(13)10-5-4-9(6-11(10)12)14-8-2-3-8/h4-8,13H,2-3H2,1H3/t7-/m1/s1. The summed E-state index contributed by atoms with van der Waals surface area (Å²) in [6.07, 6.45) is 1.61. The summed E-state index contributed by atoms with van der Waals surface area (Å²) in [5.74, 6) is 0.146. The minimum absolute atomic E-state index is 0.270. The molecule has 0 heterocycles. The van der Waals surface area contributed by atoms with E-state index in [0.29, 0.717) is 11.3 Å². The molecular weight excluding hydrogens is 183 g/mol. The zero-order chi connectivity index (χ0) is 10.1. The van der Waals surface area contributed by atoms with E-state index < -0.39 is 11.9 Å².